The summed E-state index contributed by atoms with van der Waals surface area (Å²) in [5, 5.41) is 7.96. The first-order valence-corrected chi connectivity index (χ1v) is 8.46. The molecule has 0 aromatic carbocycles. The van der Waals surface area contributed by atoms with Crippen LogP contribution in [0.15, 0.2) is 16.8 Å². The van der Waals surface area contributed by atoms with E-state index in [0.29, 0.717) is 6.04 Å². The number of hydrogen-bond acceptors (Lipinski definition) is 3. The molecule has 1 aliphatic carbocycles. The van der Waals surface area contributed by atoms with Crippen molar-refractivity contribution in [1.82, 2.24) is 5.32 Å². The molecule has 0 saturated heterocycles. The zero-order valence-corrected chi connectivity index (χ0v) is 13.3. The molecular formula is C16H27NOS. The third-order valence-corrected chi connectivity index (χ3v) is 5.16. The van der Waals surface area contributed by atoms with Crippen molar-refractivity contribution >= 4 is 11.3 Å². The molecule has 19 heavy (non-hydrogen) atoms. The van der Waals surface area contributed by atoms with Crippen LogP contribution in [0.4, 0.5) is 0 Å². The number of ether oxygens (including phenoxy) is 1. The molecule has 0 bridgehead atoms. The normalized spacial score (nSPS) is 29.3. The molecule has 0 aliphatic heterocycles. The minimum Gasteiger partial charge on any atom is -0.374 e. The fourth-order valence-electron chi connectivity index (χ4n) is 3.57. The third-order valence-electron chi connectivity index (χ3n) is 4.43. The molecule has 1 heterocycles. The van der Waals surface area contributed by atoms with Gasteiger partial charge in [-0.1, -0.05) is 19.8 Å². The van der Waals surface area contributed by atoms with E-state index in [1.807, 2.05) is 0 Å². The first-order chi connectivity index (χ1) is 9.20. The van der Waals surface area contributed by atoms with Gasteiger partial charge in [0.2, 0.25) is 0 Å². The van der Waals surface area contributed by atoms with Crippen LogP contribution in [0.25, 0.3) is 0 Å². The van der Waals surface area contributed by atoms with Crippen molar-refractivity contribution in [3.8, 4) is 0 Å². The topological polar surface area (TPSA) is 21.3 Å². The molecule has 3 atom stereocenters. The van der Waals surface area contributed by atoms with Crippen molar-refractivity contribution in [3.63, 3.8) is 0 Å². The zero-order valence-electron chi connectivity index (χ0n) is 12.4. The molecule has 2 nitrogen and oxygen atoms in total. The van der Waals surface area contributed by atoms with Crippen molar-refractivity contribution in [3.05, 3.63) is 22.4 Å². The average Bonchev–Trinajstić information content (AvgIpc) is 2.89. The lowest BCUT2D eigenvalue weighted by Crippen LogP contribution is -2.55. The summed E-state index contributed by atoms with van der Waals surface area (Å²) in [4.78, 5) is 0. The fourth-order valence-corrected chi connectivity index (χ4v) is 4.26. The SMILES string of the molecule is CCOC1(C(Cc2ccsc2)NC)CCCC(C)C1. The van der Waals surface area contributed by atoms with Gasteiger partial charge in [-0.3, -0.25) is 0 Å². The molecule has 1 aromatic heterocycles. The molecular weight excluding hydrogens is 254 g/mol. The second-order valence-electron chi connectivity index (χ2n) is 5.88. The smallest absolute Gasteiger partial charge is 0.0840 e. The van der Waals surface area contributed by atoms with Gasteiger partial charge < -0.3 is 10.1 Å². The van der Waals surface area contributed by atoms with Crippen LogP contribution in [-0.2, 0) is 11.2 Å². The molecule has 3 heteroatoms. The van der Waals surface area contributed by atoms with Gasteiger partial charge in [-0.15, -0.1) is 0 Å². The first-order valence-electron chi connectivity index (χ1n) is 7.52. The van der Waals surface area contributed by atoms with Crippen LogP contribution in [0.1, 0.15) is 45.1 Å². The number of nitrogens with one attached hydrogen (secondary N) is 1. The first kappa shape index (κ1) is 15.0. The number of thiophene rings is 1. The summed E-state index contributed by atoms with van der Waals surface area (Å²) < 4.78 is 6.28. The van der Waals surface area contributed by atoms with Crippen LogP contribution in [-0.4, -0.2) is 25.3 Å². The Balaban J connectivity index is 2.14. The summed E-state index contributed by atoms with van der Waals surface area (Å²) >= 11 is 1.78. The van der Waals surface area contributed by atoms with Crippen molar-refractivity contribution in [2.24, 2.45) is 5.92 Å². The van der Waals surface area contributed by atoms with E-state index in [2.05, 4.69) is 43.0 Å². The van der Waals surface area contributed by atoms with Crippen LogP contribution in [0, 0.1) is 5.92 Å². The van der Waals surface area contributed by atoms with Gasteiger partial charge >= 0.3 is 0 Å². The Morgan fingerprint density at radius 3 is 3.00 bits per heavy atom. The highest BCUT2D eigenvalue weighted by Gasteiger charge is 2.41. The molecule has 1 aliphatic rings. The molecule has 108 valence electrons. The molecule has 0 spiro atoms. The fraction of sp³-hybridized carbons (Fsp3) is 0.750. The summed E-state index contributed by atoms with van der Waals surface area (Å²) in [6.07, 6.45) is 6.11. The van der Waals surface area contributed by atoms with Crippen molar-refractivity contribution < 1.29 is 4.74 Å². The van der Waals surface area contributed by atoms with Gasteiger partial charge in [0.1, 0.15) is 0 Å². The predicted octanol–water partition coefficient (Wildman–Crippen LogP) is 3.86. The summed E-state index contributed by atoms with van der Waals surface area (Å²) in [5.74, 6) is 0.777. The molecule has 1 saturated carbocycles. The molecule has 1 N–H and O–H groups in total. The largest absolute Gasteiger partial charge is 0.374 e. The quantitative estimate of drug-likeness (QED) is 0.855. The van der Waals surface area contributed by atoms with Crippen LogP contribution < -0.4 is 5.32 Å². The zero-order chi connectivity index (χ0) is 13.7. The summed E-state index contributed by atoms with van der Waals surface area (Å²) in [5.41, 5.74) is 1.46. The monoisotopic (exact) mass is 281 g/mol. The van der Waals surface area contributed by atoms with Crippen molar-refractivity contribution in [1.29, 1.82) is 0 Å². The van der Waals surface area contributed by atoms with Crippen molar-refractivity contribution in [2.45, 2.75) is 57.6 Å². The lowest BCUT2D eigenvalue weighted by atomic mass is 9.73. The highest BCUT2D eigenvalue weighted by molar-refractivity contribution is 7.07. The van der Waals surface area contributed by atoms with Crippen molar-refractivity contribution in [2.75, 3.05) is 13.7 Å². The van der Waals surface area contributed by atoms with E-state index in [4.69, 9.17) is 4.74 Å². The Morgan fingerprint density at radius 1 is 1.58 bits per heavy atom. The van der Waals surface area contributed by atoms with Crippen LogP contribution in [0.2, 0.25) is 0 Å². The van der Waals surface area contributed by atoms with E-state index in [1.165, 1.54) is 31.2 Å². The molecule has 1 aromatic rings. The highest BCUT2D eigenvalue weighted by Crippen LogP contribution is 2.38. The molecule has 1 fully saturated rings. The maximum atomic E-state index is 6.28. The van der Waals surface area contributed by atoms with Crippen LogP contribution in [0.5, 0.6) is 0 Å². The Bertz CT molecular complexity index is 361. The molecule has 2 rings (SSSR count). The van der Waals surface area contributed by atoms with E-state index in [9.17, 15) is 0 Å². The minimum absolute atomic E-state index is 0.0309. The summed E-state index contributed by atoms with van der Waals surface area (Å²) in [6.45, 7) is 5.30. The van der Waals surface area contributed by atoms with Gasteiger partial charge in [0.05, 0.1) is 5.60 Å². The number of rotatable bonds is 6. The number of likely N-dealkylation sites (N-methyl/N-ethyl adjacent to an activating group) is 1. The van der Waals surface area contributed by atoms with Gasteiger partial charge in [0.25, 0.3) is 0 Å². The molecule has 0 amide bonds. The van der Waals surface area contributed by atoms with E-state index in [0.717, 1.165) is 18.9 Å². The second kappa shape index (κ2) is 6.87. The Labute approximate surface area is 121 Å². The lowest BCUT2D eigenvalue weighted by molar-refractivity contribution is -0.0988. The van der Waals surface area contributed by atoms with Gasteiger partial charge in [0.15, 0.2) is 0 Å². The van der Waals surface area contributed by atoms with E-state index in [1.54, 1.807) is 11.3 Å². The summed E-state index contributed by atoms with van der Waals surface area (Å²) in [7, 11) is 2.08. The predicted molar refractivity (Wildman–Crippen MR) is 82.9 cm³/mol. The second-order valence-corrected chi connectivity index (χ2v) is 6.66. The minimum atomic E-state index is 0.0309. The third kappa shape index (κ3) is 3.59. The standard InChI is InChI=1S/C16H27NOS/c1-4-18-16(8-5-6-13(2)11-16)15(17-3)10-14-7-9-19-12-14/h7,9,12-13,15,17H,4-6,8,10-11H2,1-3H3. The lowest BCUT2D eigenvalue weighted by Gasteiger charge is -2.45. The van der Waals surface area contributed by atoms with Crippen LogP contribution >= 0.6 is 11.3 Å². The summed E-state index contributed by atoms with van der Waals surface area (Å²) in [6, 6.07) is 2.66. The van der Waals surface area contributed by atoms with Gasteiger partial charge in [-0.2, -0.15) is 11.3 Å². The Morgan fingerprint density at radius 2 is 2.42 bits per heavy atom. The van der Waals surface area contributed by atoms with E-state index < -0.39 is 0 Å². The van der Waals surface area contributed by atoms with E-state index in [-0.39, 0.29) is 5.60 Å². The van der Waals surface area contributed by atoms with Gasteiger partial charge in [-0.25, -0.2) is 0 Å². The maximum absolute atomic E-state index is 6.28. The maximum Gasteiger partial charge on any atom is 0.0840 e. The van der Waals surface area contributed by atoms with Crippen LogP contribution in [0.3, 0.4) is 0 Å². The molecule has 0 radical (unpaired) electrons. The van der Waals surface area contributed by atoms with Gasteiger partial charge in [0, 0.05) is 12.6 Å². The Kier molecular flexibility index (Phi) is 5.43. The highest BCUT2D eigenvalue weighted by atomic mass is 32.1. The Hall–Kier alpha value is -0.380. The average molecular weight is 281 g/mol. The molecule has 3 unspecified atom stereocenters. The van der Waals surface area contributed by atoms with E-state index >= 15 is 0 Å². The van der Waals surface area contributed by atoms with Gasteiger partial charge in [-0.05, 0) is 61.5 Å². The number of hydrogen-bond donors (Lipinski definition) is 1.